The lowest BCUT2D eigenvalue weighted by Crippen LogP contribution is -2.26. The number of carbonyl (C=O) groups is 1. The van der Waals surface area contributed by atoms with Gasteiger partial charge < -0.3 is 15.7 Å². The minimum atomic E-state index is -0.577. The number of anilines is 2. The zero-order chi connectivity index (χ0) is 14.0. The first-order valence-corrected chi connectivity index (χ1v) is 5.61. The van der Waals surface area contributed by atoms with Crippen LogP contribution in [0.25, 0.3) is 0 Å². The monoisotopic (exact) mass is 260 g/mol. The van der Waals surface area contributed by atoms with E-state index in [2.05, 4.69) is 0 Å². The number of nitrogens with zero attached hydrogens (tertiary/aromatic N) is 1. The maximum absolute atomic E-state index is 13.1. The Morgan fingerprint density at radius 1 is 1.21 bits per heavy atom. The SMILES string of the molecule is CN(C(=O)c1cc(F)ccc1O)c1ccc(N)cc1. The Balaban J connectivity index is 2.33. The molecule has 0 aliphatic heterocycles. The topological polar surface area (TPSA) is 66.6 Å². The van der Waals surface area contributed by atoms with E-state index in [0.29, 0.717) is 11.4 Å². The third kappa shape index (κ3) is 2.65. The Morgan fingerprint density at radius 3 is 2.47 bits per heavy atom. The van der Waals surface area contributed by atoms with Crippen molar-refractivity contribution in [1.82, 2.24) is 0 Å². The van der Waals surface area contributed by atoms with Crippen molar-refractivity contribution in [3.05, 3.63) is 53.8 Å². The fourth-order valence-corrected chi connectivity index (χ4v) is 1.68. The molecule has 3 N–H and O–H groups in total. The van der Waals surface area contributed by atoms with Crippen LogP contribution in [0.1, 0.15) is 10.4 Å². The quantitative estimate of drug-likeness (QED) is 0.815. The minimum absolute atomic E-state index is 0.0840. The number of rotatable bonds is 2. The number of hydrogen-bond acceptors (Lipinski definition) is 3. The smallest absolute Gasteiger partial charge is 0.261 e. The number of benzene rings is 2. The molecular weight excluding hydrogens is 247 g/mol. The second kappa shape index (κ2) is 4.97. The lowest BCUT2D eigenvalue weighted by molar-refractivity contribution is 0.0990. The van der Waals surface area contributed by atoms with E-state index in [1.165, 1.54) is 11.9 Å². The van der Waals surface area contributed by atoms with Crippen LogP contribution in [0.15, 0.2) is 42.5 Å². The molecule has 4 nitrogen and oxygen atoms in total. The predicted octanol–water partition coefficient (Wildman–Crippen LogP) is 2.39. The van der Waals surface area contributed by atoms with Crippen molar-refractivity contribution >= 4 is 17.3 Å². The fraction of sp³-hybridized carbons (Fsp3) is 0.0714. The second-order valence-electron chi connectivity index (χ2n) is 4.12. The third-order valence-electron chi connectivity index (χ3n) is 2.77. The summed E-state index contributed by atoms with van der Waals surface area (Å²) in [6.07, 6.45) is 0. The van der Waals surface area contributed by atoms with E-state index in [1.54, 1.807) is 24.3 Å². The van der Waals surface area contributed by atoms with Crippen molar-refractivity contribution in [3.8, 4) is 5.75 Å². The van der Waals surface area contributed by atoms with Crippen LogP contribution in [0.5, 0.6) is 5.75 Å². The molecule has 0 aromatic heterocycles. The van der Waals surface area contributed by atoms with Gasteiger partial charge in [-0.2, -0.15) is 0 Å². The standard InChI is InChI=1S/C14H13FN2O2/c1-17(11-5-3-10(16)4-6-11)14(19)12-8-9(15)2-7-13(12)18/h2-8,18H,16H2,1H3. The lowest BCUT2D eigenvalue weighted by atomic mass is 10.1. The highest BCUT2D eigenvalue weighted by molar-refractivity contribution is 6.07. The van der Waals surface area contributed by atoms with E-state index >= 15 is 0 Å². The number of nitrogens with two attached hydrogens (primary N) is 1. The average molecular weight is 260 g/mol. The van der Waals surface area contributed by atoms with Crippen molar-refractivity contribution in [2.45, 2.75) is 0 Å². The maximum atomic E-state index is 13.1. The predicted molar refractivity (Wildman–Crippen MR) is 71.7 cm³/mol. The van der Waals surface area contributed by atoms with Gasteiger partial charge in [0.1, 0.15) is 11.6 Å². The minimum Gasteiger partial charge on any atom is -0.507 e. The Kier molecular flexibility index (Phi) is 3.37. The van der Waals surface area contributed by atoms with Crippen molar-refractivity contribution in [2.75, 3.05) is 17.7 Å². The molecule has 0 radical (unpaired) electrons. The summed E-state index contributed by atoms with van der Waals surface area (Å²) in [6.45, 7) is 0. The molecule has 2 rings (SSSR count). The van der Waals surface area contributed by atoms with Gasteiger partial charge in [0.2, 0.25) is 0 Å². The molecule has 0 spiro atoms. The van der Waals surface area contributed by atoms with E-state index in [4.69, 9.17) is 5.73 Å². The van der Waals surface area contributed by atoms with Gasteiger partial charge in [-0.1, -0.05) is 0 Å². The first kappa shape index (κ1) is 12.9. The van der Waals surface area contributed by atoms with Gasteiger partial charge in [-0.05, 0) is 42.5 Å². The van der Waals surface area contributed by atoms with Gasteiger partial charge in [0, 0.05) is 18.4 Å². The van der Waals surface area contributed by atoms with Crippen LogP contribution in [0, 0.1) is 5.82 Å². The van der Waals surface area contributed by atoms with E-state index in [9.17, 15) is 14.3 Å². The van der Waals surface area contributed by atoms with Crippen molar-refractivity contribution in [1.29, 1.82) is 0 Å². The highest BCUT2D eigenvalue weighted by Gasteiger charge is 2.17. The molecule has 0 heterocycles. The molecule has 5 heteroatoms. The van der Waals surface area contributed by atoms with Gasteiger partial charge in [0.25, 0.3) is 5.91 Å². The fourth-order valence-electron chi connectivity index (χ4n) is 1.68. The molecule has 0 unspecified atom stereocenters. The molecule has 2 aromatic carbocycles. The van der Waals surface area contributed by atoms with Crippen LogP contribution in [0.2, 0.25) is 0 Å². The summed E-state index contributed by atoms with van der Waals surface area (Å²) in [4.78, 5) is 13.5. The largest absolute Gasteiger partial charge is 0.507 e. The number of nitrogen functional groups attached to an aromatic ring is 1. The number of halogens is 1. The first-order chi connectivity index (χ1) is 8.99. The first-order valence-electron chi connectivity index (χ1n) is 5.61. The molecule has 0 saturated heterocycles. The van der Waals surface area contributed by atoms with Crippen LogP contribution < -0.4 is 10.6 Å². The van der Waals surface area contributed by atoms with E-state index in [1.807, 2.05) is 0 Å². The molecular formula is C14H13FN2O2. The summed E-state index contributed by atoms with van der Waals surface area (Å²) in [5.74, 6) is -1.33. The van der Waals surface area contributed by atoms with Crippen LogP contribution in [0.4, 0.5) is 15.8 Å². The zero-order valence-electron chi connectivity index (χ0n) is 10.3. The van der Waals surface area contributed by atoms with Gasteiger partial charge in [-0.15, -0.1) is 0 Å². The third-order valence-corrected chi connectivity index (χ3v) is 2.77. The summed E-state index contributed by atoms with van der Waals surface area (Å²) < 4.78 is 13.1. The summed E-state index contributed by atoms with van der Waals surface area (Å²) in [5, 5.41) is 9.61. The molecule has 0 aliphatic carbocycles. The highest BCUT2D eigenvalue weighted by atomic mass is 19.1. The van der Waals surface area contributed by atoms with E-state index in [-0.39, 0.29) is 11.3 Å². The molecule has 0 saturated carbocycles. The average Bonchev–Trinajstić information content (AvgIpc) is 2.41. The Hall–Kier alpha value is -2.56. The molecule has 0 bridgehead atoms. The number of phenols is 1. The molecule has 98 valence electrons. The Morgan fingerprint density at radius 2 is 1.84 bits per heavy atom. The lowest BCUT2D eigenvalue weighted by Gasteiger charge is -2.18. The summed E-state index contributed by atoms with van der Waals surface area (Å²) in [7, 11) is 1.54. The van der Waals surface area contributed by atoms with Gasteiger partial charge in [0.05, 0.1) is 5.56 Å². The van der Waals surface area contributed by atoms with Crippen LogP contribution in [0.3, 0.4) is 0 Å². The summed E-state index contributed by atoms with van der Waals surface area (Å²) >= 11 is 0. The number of amides is 1. The molecule has 1 amide bonds. The molecule has 0 aliphatic rings. The Bertz CT molecular complexity index is 611. The molecule has 0 fully saturated rings. The number of hydrogen-bond donors (Lipinski definition) is 2. The van der Waals surface area contributed by atoms with Gasteiger partial charge in [-0.3, -0.25) is 4.79 Å². The normalized spacial score (nSPS) is 10.2. The zero-order valence-corrected chi connectivity index (χ0v) is 10.3. The maximum Gasteiger partial charge on any atom is 0.261 e. The summed E-state index contributed by atoms with van der Waals surface area (Å²) in [5.41, 5.74) is 6.66. The van der Waals surface area contributed by atoms with Crippen LogP contribution in [-0.2, 0) is 0 Å². The van der Waals surface area contributed by atoms with Crippen LogP contribution >= 0.6 is 0 Å². The second-order valence-corrected chi connectivity index (χ2v) is 4.12. The van der Waals surface area contributed by atoms with Crippen molar-refractivity contribution in [3.63, 3.8) is 0 Å². The van der Waals surface area contributed by atoms with Gasteiger partial charge in [0.15, 0.2) is 0 Å². The summed E-state index contributed by atoms with van der Waals surface area (Å²) in [6, 6.07) is 9.91. The highest BCUT2D eigenvalue weighted by Crippen LogP contribution is 2.23. The van der Waals surface area contributed by atoms with Crippen LogP contribution in [-0.4, -0.2) is 18.1 Å². The molecule has 2 aromatic rings. The number of aromatic hydroxyl groups is 1. The van der Waals surface area contributed by atoms with Crippen molar-refractivity contribution in [2.24, 2.45) is 0 Å². The van der Waals surface area contributed by atoms with Gasteiger partial charge >= 0.3 is 0 Å². The van der Waals surface area contributed by atoms with E-state index in [0.717, 1.165) is 18.2 Å². The van der Waals surface area contributed by atoms with E-state index < -0.39 is 11.7 Å². The number of carbonyl (C=O) groups excluding carboxylic acids is 1. The Labute approximate surface area is 109 Å². The molecule has 19 heavy (non-hydrogen) atoms. The van der Waals surface area contributed by atoms with Crippen molar-refractivity contribution < 1.29 is 14.3 Å². The number of phenolic OH excluding ortho intramolecular Hbond substituents is 1. The molecule has 0 atom stereocenters. The van der Waals surface area contributed by atoms with Gasteiger partial charge in [-0.25, -0.2) is 4.39 Å².